The van der Waals surface area contributed by atoms with Gasteiger partial charge in [0.25, 0.3) is 5.56 Å². The van der Waals surface area contributed by atoms with Crippen LogP contribution < -0.4 is 10.9 Å². The molecule has 1 heterocycles. The molecule has 88 valence electrons. The number of aliphatic hydroxyl groups is 1. The largest absolute Gasteiger partial charge is 0.393 e. The number of H-pyrrole nitrogens is 1. The Morgan fingerprint density at radius 2 is 2.44 bits per heavy atom. The Bertz CT molecular complexity index is 391. The van der Waals surface area contributed by atoms with E-state index in [4.69, 9.17) is 0 Å². The van der Waals surface area contributed by atoms with Gasteiger partial charge in [0.1, 0.15) is 0 Å². The van der Waals surface area contributed by atoms with Crippen molar-refractivity contribution in [3.63, 3.8) is 0 Å². The van der Waals surface area contributed by atoms with Crippen LogP contribution in [0.4, 0.5) is 5.82 Å². The van der Waals surface area contributed by atoms with Crippen LogP contribution in [0.5, 0.6) is 0 Å². The van der Waals surface area contributed by atoms with Crippen LogP contribution >= 0.6 is 0 Å². The van der Waals surface area contributed by atoms with Gasteiger partial charge in [0.2, 0.25) is 0 Å². The number of rotatable bonds is 3. The molecule has 1 aromatic heterocycles. The third-order valence-corrected chi connectivity index (χ3v) is 3.02. The molecule has 0 spiro atoms. The third kappa shape index (κ3) is 2.82. The second kappa shape index (κ2) is 5.12. The van der Waals surface area contributed by atoms with E-state index in [2.05, 4.69) is 15.3 Å². The predicted molar refractivity (Wildman–Crippen MR) is 61.3 cm³/mol. The van der Waals surface area contributed by atoms with E-state index in [1.807, 2.05) is 0 Å². The summed E-state index contributed by atoms with van der Waals surface area (Å²) in [5, 5.41) is 12.6. The Morgan fingerprint density at radius 3 is 3.19 bits per heavy atom. The van der Waals surface area contributed by atoms with Gasteiger partial charge in [-0.05, 0) is 25.2 Å². The van der Waals surface area contributed by atoms with E-state index in [1.165, 1.54) is 6.20 Å². The van der Waals surface area contributed by atoms with E-state index in [0.717, 1.165) is 25.7 Å². The second-order valence-corrected chi connectivity index (χ2v) is 4.33. The predicted octanol–water partition coefficient (Wildman–Crippen LogP) is 0.733. The number of nitrogens with one attached hydrogen (secondary N) is 2. The summed E-state index contributed by atoms with van der Waals surface area (Å²) < 4.78 is 0. The fourth-order valence-electron chi connectivity index (χ4n) is 2.17. The molecule has 0 saturated heterocycles. The summed E-state index contributed by atoms with van der Waals surface area (Å²) in [5.74, 6) is 0.799. The first-order chi connectivity index (χ1) is 7.75. The number of hydrogen-bond donors (Lipinski definition) is 3. The molecule has 0 radical (unpaired) electrons. The van der Waals surface area contributed by atoms with Crippen LogP contribution in [-0.4, -0.2) is 27.7 Å². The molecule has 16 heavy (non-hydrogen) atoms. The topological polar surface area (TPSA) is 78.0 Å². The summed E-state index contributed by atoms with van der Waals surface area (Å²) in [6, 6.07) is 0. The van der Waals surface area contributed by atoms with Gasteiger partial charge in [0, 0.05) is 18.9 Å². The van der Waals surface area contributed by atoms with Crippen molar-refractivity contribution >= 4 is 5.82 Å². The summed E-state index contributed by atoms with van der Waals surface area (Å²) in [7, 11) is 0. The summed E-state index contributed by atoms with van der Waals surface area (Å²) in [5.41, 5.74) is -0.196. The van der Waals surface area contributed by atoms with E-state index in [1.54, 1.807) is 6.20 Å². The van der Waals surface area contributed by atoms with Crippen LogP contribution in [0.15, 0.2) is 17.2 Å². The highest BCUT2D eigenvalue weighted by atomic mass is 16.3. The lowest BCUT2D eigenvalue weighted by Gasteiger charge is -2.25. The van der Waals surface area contributed by atoms with Gasteiger partial charge in [-0.1, -0.05) is 6.42 Å². The second-order valence-electron chi connectivity index (χ2n) is 4.33. The number of aromatic amines is 1. The molecule has 3 N–H and O–H groups in total. The van der Waals surface area contributed by atoms with Gasteiger partial charge in [-0.15, -0.1) is 0 Å². The molecule has 1 aliphatic rings. The first-order valence-electron chi connectivity index (χ1n) is 5.71. The van der Waals surface area contributed by atoms with E-state index in [-0.39, 0.29) is 11.7 Å². The van der Waals surface area contributed by atoms with Gasteiger partial charge in [-0.25, -0.2) is 4.98 Å². The van der Waals surface area contributed by atoms with Crippen LogP contribution in [0.25, 0.3) is 0 Å². The minimum absolute atomic E-state index is 0.178. The smallest absolute Gasteiger partial charge is 0.290 e. The Hall–Kier alpha value is -1.36. The number of aromatic nitrogens is 2. The molecule has 0 aliphatic heterocycles. The Balaban J connectivity index is 1.87. The lowest BCUT2D eigenvalue weighted by Crippen LogP contribution is -2.27. The summed E-state index contributed by atoms with van der Waals surface area (Å²) >= 11 is 0. The number of aliphatic hydroxyl groups excluding tert-OH is 1. The molecule has 1 saturated carbocycles. The zero-order valence-corrected chi connectivity index (χ0v) is 9.15. The molecule has 0 aromatic carbocycles. The quantitative estimate of drug-likeness (QED) is 0.706. The summed E-state index contributed by atoms with van der Waals surface area (Å²) in [6.07, 6.45) is 6.78. The van der Waals surface area contributed by atoms with Crippen LogP contribution in [0, 0.1) is 5.92 Å². The van der Waals surface area contributed by atoms with Crippen molar-refractivity contribution in [1.29, 1.82) is 0 Å². The number of nitrogens with zero attached hydrogens (tertiary/aromatic N) is 1. The van der Waals surface area contributed by atoms with Crippen molar-refractivity contribution in [3.8, 4) is 0 Å². The van der Waals surface area contributed by atoms with E-state index >= 15 is 0 Å². The van der Waals surface area contributed by atoms with Gasteiger partial charge in [0.05, 0.1) is 6.10 Å². The van der Waals surface area contributed by atoms with Gasteiger partial charge < -0.3 is 15.4 Å². The maximum absolute atomic E-state index is 11.3. The van der Waals surface area contributed by atoms with E-state index in [0.29, 0.717) is 18.3 Å². The maximum atomic E-state index is 11.3. The van der Waals surface area contributed by atoms with Crippen molar-refractivity contribution in [2.24, 2.45) is 5.92 Å². The van der Waals surface area contributed by atoms with Crippen LogP contribution in [0.1, 0.15) is 25.7 Å². The van der Waals surface area contributed by atoms with Gasteiger partial charge in [-0.3, -0.25) is 4.79 Å². The van der Waals surface area contributed by atoms with Crippen molar-refractivity contribution in [1.82, 2.24) is 9.97 Å². The van der Waals surface area contributed by atoms with E-state index in [9.17, 15) is 9.90 Å². The fourth-order valence-corrected chi connectivity index (χ4v) is 2.17. The Labute approximate surface area is 93.9 Å². The Kier molecular flexibility index (Phi) is 3.56. The molecule has 1 fully saturated rings. The molecule has 5 heteroatoms. The third-order valence-electron chi connectivity index (χ3n) is 3.02. The molecular weight excluding hydrogens is 206 g/mol. The minimum atomic E-state index is -0.196. The van der Waals surface area contributed by atoms with Crippen LogP contribution in [0.3, 0.4) is 0 Å². The lowest BCUT2D eigenvalue weighted by molar-refractivity contribution is 0.104. The Morgan fingerprint density at radius 1 is 1.56 bits per heavy atom. The zero-order valence-electron chi connectivity index (χ0n) is 9.15. The standard InChI is InChI=1S/C11H17N3O2/c15-9-3-1-2-8(6-9)7-14-10-11(16)13-5-4-12-10/h4-5,8-9,15H,1-3,6-7H2,(H,12,14)(H,13,16). The van der Waals surface area contributed by atoms with Crippen LogP contribution in [0.2, 0.25) is 0 Å². The molecule has 2 atom stereocenters. The molecule has 0 bridgehead atoms. The fraction of sp³-hybridized carbons (Fsp3) is 0.636. The van der Waals surface area contributed by atoms with Crippen molar-refractivity contribution in [3.05, 3.63) is 22.7 Å². The van der Waals surface area contributed by atoms with Gasteiger partial charge in [-0.2, -0.15) is 0 Å². The van der Waals surface area contributed by atoms with Gasteiger partial charge in [0.15, 0.2) is 5.82 Å². The normalized spacial score (nSPS) is 25.3. The number of anilines is 1. The van der Waals surface area contributed by atoms with Crippen molar-refractivity contribution in [2.75, 3.05) is 11.9 Å². The molecule has 2 unspecified atom stereocenters. The monoisotopic (exact) mass is 223 g/mol. The van der Waals surface area contributed by atoms with Gasteiger partial charge >= 0.3 is 0 Å². The molecule has 0 amide bonds. The average molecular weight is 223 g/mol. The average Bonchev–Trinajstić information content (AvgIpc) is 2.28. The highest BCUT2D eigenvalue weighted by Crippen LogP contribution is 2.23. The highest BCUT2D eigenvalue weighted by Gasteiger charge is 2.20. The molecular formula is C11H17N3O2. The minimum Gasteiger partial charge on any atom is -0.393 e. The van der Waals surface area contributed by atoms with Crippen LogP contribution in [-0.2, 0) is 0 Å². The lowest BCUT2D eigenvalue weighted by atomic mass is 9.87. The molecule has 1 aromatic rings. The maximum Gasteiger partial charge on any atom is 0.290 e. The zero-order chi connectivity index (χ0) is 11.4. The molecule has 5 nitrogen and oxygen atoms in total. The van der Waals surface area contributed by atoms with Crippen molar-refractivity contribution < 1.29 is 5.11 Å². The first-order valence-corrected chi connectivity index (χ1v) is 5.71. The SMILES string of the molecule is O=c1[nH]ccnc1NCC1CCCC(O)C1. The summed E-state index contributed by atoms with van der Waals surface area (Å²) in [4.78, 5) is 17.9. The first kappa shape index (κ1) is 11.1. The molecule has 2 rings (SSSR count). The molecule has 1 aliphatic carbocycles. The number of hydrogen-bond acceptors (Lipinski definition) is 4. The summed E-state index contributed by atoms with van der Waals surface area (Å²) in [6.45, 7) is 0.706. The highest BCUT2D eigenvalue weighted by molar-refractivity contribution is 5.29. The van der Waals surface area contributed by atoms with Crippen molar-refractivity contribution in [2.45, 2.75) is 31.8 Å². The van der Waals surface area contributed by atoms with E-state index < -0.39 is 0 Å².